The van der Waals surface area contributed by atoms with E-state index in [2.05, 4.69) is 5.32 Å². The maximum atomic E-state index is 14.3. The van der Waals surface area contributed by atoms with E-state index in [0.717, 1.165) is 47.2 Å². The van der Waals surface area contributed by atoms with Gasteiger partial charge in [0, 0.05) is 24.4 Å². The van der Waals surface area contributed by atoms with Crippen LogP contribution in [0.15, 0.2) is 97.1 Å². The summed E-state index contributed by atoms with van der Waals surface area (Å²) in [5.41, 5.74) is 1.86. The Labute approximate surface area is 252 Å². The van der Waals surface area contributed by atoms with E-state index < -0.39 is 34.3 Å². The summed E-state index contributed by atoms with van der Waals surface area (Å²) in [5.74, 6) is -1.24. The van der Waals surface area contributed by atoms with Gasteiger partial charge in [-0.2, -0.15) is 0 Å². The molecule has 0 aliphatic heterocycles. The lowest BCUT2D eigenvalue weighted by Crippen LogP contribution is -2.54. The zero-order valence-electron chi connectivity index (χ0n) is 24.2. The summed E-state index contributed by atoms with van der Waals surface area (Å²) in [5, 5.41) is 4.67. The molecule has 1 fully saturated rings. The molecular weight excluding hydrogens is 565 g/mol. The molecule has 1 aliphatic carbocycles. The Hall–Kier alpha value is -4.24. The predicted octanol–water partition coefficient (Wildman–Crippen LogP) is 5.44. The van der Waals surface area contributed by atoms with E-state index in [4.69, 9.17) is 0 Å². The van der Waals surface area contributed by atoms with Gasteiger partial charge in [0.1, 0.15) is 18.4 Å². The molecule has 4 aromatic carbocycles. The molecular formula is C34H36FN3O4S. The number of nitrogens with one attached hydrogen (secondary N) is 1. The second-order valence-electron chi connectivity index (χ2n) is 11.1. The molecule has 5 rings (SSSR count). The summed E-state index contributed by atoms with van der Waals surface area (Å²) in [6.45, 7) is -0.502. The van der Waals surface area contributed by atoms with Crippen LogP contribution in [0, 0.1) is 5.82 Å². The molecule has 1 aliphatic rings. The molecule has 0 unspecified atom stereocenters. The topological polar surface area (TPSA) is 86.8 Å². The van der Waals surface area contributed by atoms with E-state index in [0.29, 0.717) is 16.6 Å². The van der Waals surface area contributed by atoms with Crippen molar-refractivity contribution in [3.63, 3.8) is 0 Å². The fourth-order valence-electron chi connectivity index (χ4n) is 5.73. The number of halogens is 1. The highest BCUT2D eigenvalue weighted by molar-refractivity contribution is 7.92. The Morgan fingerprint density at radius 3 is 2.21 bits per heavy atom. The highest BCUT2D eigenvalue weighted by Crippen LogP contribution is 2.29. The number of carbonyl (C=O) groups is 2. The number of rotatable bonds is 11. The quantitative estimate of drug-likeness (QED) is 0.248. The number of benzene rings is 4. The number of anilines is 1. The van der Waals surface area contributed by atoms with Gasteiger partial charge in [-0.15, -0.1) is 0 Å². The van der Waals surface area contributed by atoms with Gasteiger partial charge in [-0.3, -0.25) is 13.9 Å². The monoisotopic (exact) mass is 601 g/mol. The lowest BCUT2D eigenvalue weighted by atomic mass is 10.0. The number of amides is 2. The highest BCUT2D eigenvalue weighted by atomic mass is 32.2. The van der Waals surface area contributed by atoms with Gasteiger partial charge in [0.05, 0.1) is 11.9 Å². The van der Waals surface area contributed by atoms with Crippen molar-refractivity contribution in [1.29, 1.82) is 0 Å². The lowest BCUT2D eigenvalue weighted by molar-refractivity contribution is -0.140. The SMILES string of the molecule is CS(=O)(=O)N(CC(=O)N(Cc1ccc(F)cc1)[C@@H](Cc1ccccc1)C(=O)NC1CCCC1)c1cccc2ccccc12. The second kappa shape index (κ2) is 13.4. The van der Waals surface area contributed by atoms with Crippen molar-refractivity contribution in [1.82, 2.24) is 10.2 Å². The van der Waals surface area contributed by atoms with Gasteiger partial charge in [0.15, 0.2) is 0 Å². The molecule has 2 amide bonds. The average Bonchev–Trinajstić information content (AvgIpc) is 3.51. The predicted molar refractivity (Wildman–Crippen MR) is 167 cm³/mol. The van der Waals surface area contributed by atoms with Gasteiger partial charge in [0.25, 0.3) is 0 Å². The molecule has 0 heterocycles. The minimum absolute atomic E-state index is 0.00182. The summed E-state index contributed by atoms with van der Waals surface area (Å²) in [7, 11) is -3.90. The number of hydrogen-bond acceptors (Lipinski definition) is 4. The number of sulfonamides is 1. The van der Waals surface area contributed by atoms with Crippen LogP contribution in [-0.2, 0) is 32.6 Å². The molecule has 9 heteroatoms. The molecule has 43 heavy (non-hydrogen) atoms. The minimum Gasteiger partial charge on any atom is -0.352 e. The van der Waals surface area contributed by atoms with E-state index in [9.17, 15) is 22.4 Å². The first-order valence-electron chi connectivity index (χ1n) is 14.5. The molecule has 224 valence electrons. The Morgan fingerprint density at radius 1 is 0.860 bits per heavy atom. The minimum atomic E-state index is -3.90. The van der Waals surface area contributed by atoms with Crippen LogP contribution in [0.2, 0.25) is 0 Å². The Morgan fingerprint density at radius 2 is 1.51 bits per heavy atom. The third kappa shape index (κ3) is 7.59. The van der Waals surface area contributed by atoms with Crippen LogP contribution in [0.1, 0.15) is 36.8 Å². The zero-order valence-corrected chi connectivity index (χ0v) is 25.0. The maximum absolute atomic E-state index is 14.3. The highest BCUT2D eigenvalue weighted by Gasteiger charge is 2.34. The van der Waals surface area contributed by atoms with Crippen LogP contribution in [-0.4, -0.2) is 50.0 Å². The maximum Gasteiger partial charge on any atom is 0.244 e. The molecule has 0 aromatic heterocycles. The van der Waals surface area contributed by atoms with Crippen molar-refractivity contribution in [2.75, 3.05) is 17.1 Å². The molecule has 0 bridgehead atoms. The van der Waals surface area contributed by atoms with Crippen LogP contribution in [0.25, 0.3) is 10.8 Å². The van der Waals surface area contributed by atoms with Crippen molar-refractivity contribution in [3.8, 4) is 0 Å². The summed E-state index contributed by atoms with van der Waals surface area (Å²) in [6.07, 6.45) is 5.11. The van der Waals surface area contributed by atoms with E-state index in [1.54, 1.807) is 24.3 Å². The van der Waals surface area contributed by atoms with Crippen molar-refractivity contribution < 1.29 is 22.4 Å². The Bertz CT molecular complexity index is 1670. The van der Waals surface area contributed by atoms with Crippen molar-refractivity contribution in [2.24, 2.45) is 0 Å². The van der Waals surface area contributed by atoms with Crippen LogP contribution in [0.3, 0.4) is 0 Å². The van der Waals surface area contributed by atoms with Crippen molar-refractivity contribution >= 4 is 38.3 Å². The number of nitrogens with zero attached hydrogens (tertiary/aromatic N) is 2. The van der Waals surface area contributed by atoms with Crippen LogP contribution < -0.4 is 9.62 Å². The zero-order chi connectivity index (χ0) is 30.4. The largest absolute Gasteiger partial charge is 0.352 e. The number of hydrogen-bond donors (Lipinski definition) is 1. The summed E-state index contributed by atoms with van der Waals surface area (Å²) < 4.78 is 41.3. The Kier molecular flexibility index (Phi) is 9.40. The normalized spacial score (nSPS) is 14.4. The number of fused-ring (bicyclic) bond motifs is 1. The first-order chi connectivity index (χ1) is 20.7. The first-order valence-corrected chi connectivity index (χ1v) is 16.4. The third-order valence-corrected chi connectivity index (χ3v) is 9.08. The van der Waals surface area contributed by atoms with Gasteiger partial charge in [0.2, 0.25) is 21.8 Å². The van der Waals surface area contributed by atoms with Crippen LogP contribution in [0.4, 0.5) is 10.1 Å². The molecule has 1 atom stereocenters. The van der Waals surface area contributed by atoms with E-state index in [1.807, 2.05) is 60.7 Å². The van der Waals surface area contributed by atoms with E-state index in [1.165, 1.54) is 17.0 Å². The van der Waals surface area contributed by atoms with Crippen molar-refractivity contribution in [2.45, 2.75) is 50.7 Å². The first kappa shape index (κ1) is 30.2. The van der Waals surface area contributed by atoms with Gasteiger partial charge in [-0.05, 0) is 47.6 Å². The summed E-state index contributed by atoms with van der Waals surface area (Å²) in [4.78, 5) is 29.7. The van der Waals surface area contributed by atoms with Crippen LogP contribution >= 0.6 is 0 Å². The molecule has 4 aromatic rings. The third-order valence-electron chi connectivity index (χ3n) is 7.95. The molecule has 0 saturated heterocycles. The fourth-order valence-corrected chi connectivity index (χ4v) is 6.59. The van der Waals surface area contributed by atoms with Gasteiger partial charge >= 0.3 is 0 Å². The number of carbonyl (C=O) groups excluding carboxylic acids is 2. The van der Waals surface area contributed by atoms with Crippen LogP contribution in [0.5, 0.6) is 0 Å². The lowest BCUT2D eigenvalue weighted by Gasteiger charge is -2.34. The molecule has 1 saturated carbocycles. The second-order valence-corrected chi connectivity index (χ2v) is 13.0. The van der Waals surface area contributed by atoms with E-state index >= 15 is 0 Å². The molecule has 0 spiro atoms. The molecule has 7 nitrogen and oxygen atoms in total. The van der Waals surface area contributed by atoms with Gasteiger partial charge in [-0.1, -0.05) is 91.7 Å². The van der Waals surface area contributed by atoms with E-state index in [-0.39, 0.29) is 24.9 Å². The summed E-state index contributed by atoms with van der Waals surface area (Å²) in [6, 6.07) is 27.0. The Balaban J connectivity index is 1.54. The van der Waals surface area contributed by atoms with Gasteiger partial charge < -0.3 is 10.2 Å². The fraction of sp³-hybridized carbons (Fsp3) is 0.294. The smallest absolute Gasteiger partial charge is 0.244 e. The summed E-state index contributed by atoms with van der Waals surface area (Å²) >= 11 is 0. The van der Waals surface area contributed by atoms with Crippen molar-refractivity contribution in [3.05, 3.63) is 114 Å². The molecule has 1 N–H and O–H groups in total. The average molecular weight is 602 g/mol. The van der Waals surface area contributed by atoms with Gasteiger partial charge in [-0.25, -0.2) is 12.8 Å². The standard InChI is InChI=1S/C34H36FN3O4S/c1-43(41,42)38(31-17-9-13-27-12-5-8-16-30(27)31)24-33(39)37(23-26-18-20-28(35)21-19-26)32(22-25-10-3-2-4-11-25)34(40)36-29-14-6-7-15-29/h2-5,8-13,16-21,29,32H,6-7,14-15,22-24H2,1H3,(H,36,40)/t32-/m0/s1. The molecule has 0 radical (unpaired) electrons.